The van der Waals surface area contributed by atoms with Gasteiger partial charge in [0.25, 0.3) is 0 Å². The predicted octanol–water partition coefficient (Wildman–Crippen LogP) is 1.94. The van der Waals surface area contributed by atoms with E-state index in [0.29, 0.717) is 12.1 Å². The van der Waals surface area contributed by atoms with Crippen LogP contribution in [0.4, 0.5) is 0 Å². The molecule has 0 aromatic carbocycles. The maximum Gasteiger partial charge on any atom is 0.0637 e. The quantitative estimate of drug-likeness (QED) is 0.653. The fourth-order valence-electron chi connectivity index (χ4n) is 1.85. The molecule has 0 saturated heterocycles. The number of methoxy groups -OCH3 is 1. The lowest BCUT2D eigenvalue weighted by atomic mass is 9.99. The van der Waals surface area contributed by atoms with E-state index in [4.69, 9.17) is 9.84 Å². The molecule has 0 aliphatic heterocycles. The summed E-state index contributed by atoms with van der Waals surface area (Å²) in [7, 11) is 1.75. The summed E-state index contributed by atoms with van der Waals surface area (Å²) in [6, 6.07) is 0.897. The van der Waals surface area contributed by atoms with Crippen molar-refractivity contribution >= 4 is 0 Å². The Hall–Kier alpha value is -0.120. The molecule has 2 N–H and O–H groups in total. The Morgan fingerprint density at radius 2 is 1.87 bits per heavy atom. The molecular formula is C12H27NO2. The summed E-state index contributed by atoms with van der Waals surface area (Å²) in [6.45, 7) is 8.82. The Bertz CT molecular complexity index is 160. The molecule has 0 amide bonds. The van der Waals surface area contributed by atoms with Crippen LogP contribution in [0.15, 0.2) is 0 Å². The highest BCUT2D eigenvalue weighted by molar-refractivity contribution is 4.77. The molecule has 0 fully saturated rings. The van der Waals surface area contributed by atoms with E-state index < -0.39 is 0 Å². The minimum absolute atomic E-state index is 0.0664. The minimum atomic E-state index is -0.0664. The van der Waals surface area contributed by atoms with E-state index in [1.165, 1.54) is 0 Å². The molecule has 0 aliphatic carbocycles. The summed E-state index contributed by atoms with van der Waals surface area (Å²) in [5, 5.41) is 12.2. The topological polar surface area (TPSA) is 41.5 Å². The second kappa shape index (κ2) is 7.20. The van der Waals surface area contributed by atoms with Crippen molar-refractivity contribution in [2.75, 3.05) is 13.7 Å². The van der Waals surface area contributed by atoms with Crippen molar-refractivity contribution in [3.8, 4) is 0 Å². The van der Waals surface area contributed by atoms with Crippen LogP contribution in [0.5, 0.6) is 0 Å². The molecule has 2 unspecified atom stereocenters. The second-order valence-corrected chi connectivity index (χ2v) is 5.00. The monoisotopic (exact) mass is 217 g/mol. The van der Waals surface area contributed by atoms with Gasteiger partial charge < -0.3 is 15.2 Å². The SMILES string of the molecule is COC(C)(C)CC(C)NC(C)CCCO. The first-order chi connectivity index (χ1) is 6.91. The van der Waals surface area contributed by atoms with Crippen LogP contribution in [0.1, 0.15) is 47.0 Å². The third kappa shape index (κ3) is 7.77. The van der Waals surface area contributed by atoms with Gasteiger partial charge in [-0.2, -0.15) is 0 Å². The van der Waals surface area contributed by atoms with Crippen LogP contribution in [0, 0.1) is 0 Å². The minimum Gasteiger partial charge on any atom is -0.396 e. The van der Waals surface area contributed by atoms with Gasteiger partial charge in [-0.05, 0) is 47.0 Å². The first kappa shape index (κ1) is 14.9. The molecule has 2 atom stereocenters. The lowest BCUT2D eigenvalue weighted by molar-refractivity contribution is 0.00772. The Morgan fingerprint density at radius 3 is 2.33 bits per heavy atom. The Kier molecular flexibility index (Phi) is 7.14. The second-order valence-electron chi connectivity index (χ2n) is 5.00. The Balaban J connectivity index is 3.77. The first-order valence-electron chi connectivity index (χ1n) is 5.83. The van der Waals surface area contributed by atoms with Gasteiger partial charge in [0.05, 0.1) is 5.60 Å². The Morgan fingerprint density at radius 1 is 1.27 bits per heavy atom. The van der Waals surface area contributed by atoms with E-state index >= 15 is 0 Å². The number of hydrogen-bond donors (Lipinski definition) is 2. The van der Waals surface area contributed by atoms with Crippen LogP contribution >= 0.6 is 0 Å². The summed E-state index contributed by atoms with van der Waals surface area (Å²) in [5.41, 5.74) is -0.0664. The molecule has 0 heterocycles. The number of nitrogens with one attached hydrogen (secondary N) is 1. The average molecular weight is 217 g/mol. The highest BCUT2D eigenvalue weighted by Crippen LogP contribution is 2.15. The predicted molar refractivity (Wildman–Crippen MR) is 64.1 cm³/mol. The number of ether oxygens (including phenoxy) is 1. The maximum atomic E-state index is 8.73. The van der Waals surface area contributed by atoms with Gasteiger partial charge in [0.2, 0.25) is 0 Å². The van der Waals surface area contributed by atoms with E-state index in [9.17, 15) is 0 Å². The van der Waals surface area contributed by atoms with Crippen LogP contribution in [0.25, 0.3) is 0 Å². The Labute approximate surface area is 94.2 Å². The molecule has 0 aromatic rings. The lowest BCUT2D eigenvalue weighted by Gasteiger charge is -2.29. The molecule has 0 saturated carbocycles. The highest BCUT2D eigenvalue weighted by atomic mass is 16.5. The molecule has 0 aromatic heterocycles. The molecule has 3 nitrogen and oxygen atoms in total. The third-order valence-corrected chi connectivity index (χ3v) is 2.71. The lowest BCUT2D eigenvalue weighted by Crippen LogP contribution is -2.40. The van der Waals surface area contributed by atoms with Gasteiger partial charge >= 0.3 is 0 Å². The molecule has 0 bridgehead atoms. The van der Waals surface area contributed by atoms with E-state index in [-0.39, 0.29) is 12.2 Å². The smallest absolute Gasteiger partial charge is 0.0637 e. The van der Waals surface area contributed by atoms with E-state index in [2.05, 4.69) is 33.0 Å². The molecule has 3 heteroatoms. The molecule has 15 heavy (non-hydrogen) atoms. The van der Waals surface area contributed by atoms with E-state index in [1.54, 1.807) is 7.11 Å². The zero-order valence-corrected chi connectivity index (χ0v) is 10.8. The highest BCUT2D eigenvalue weighted by Gasteiger charge is 2.20. The van der Waals surface area contributed by atoms with Gasteiger partial charge in [0.15, 0.2) is 0 Å². The average Bonchev–Trinajstić information content (AvgIpc) is 2.13. The fourth-order valence-corrected chi connectivity index (χ4v) is 1.85. The van der Waals surface area contributed by atoms with Crippen LogP contribution in [0.3, 0.4) is 0 Å². The van der Waals surface area contributed by atoms with Gasteiger partial charge in [0.1, 0.15) is 0 Å². The normalized spacial score (nSPS) is 16.4. The fraction of sp³-hybridized carbons (Fsp3) is 1.00. The van der Waals surface area contributed by atoms with Crippen molar-refractivity contribution in [3.63, 3.8) is 0 Å². The zero-order chi connectivity index (χ0) is 11.9. The summed E-state index contributed by atoms with van der Waals surface area (Å²) in [6.07, 6.45) is 2.88. The number of aliphatic hydroxyl groups is 1. The molecule has 0 radical (unpaired) electrons. The molecule has 0 spiro atoms. The van der Waals surface area contributed by atoms with Gasteiger partial charge in [-0.1, -0.05) is 0 Å². The zero-order valence-electron chi connectivity index (χ0n) is 10.8. The standard InChI is InChI=1S/C12H27NO2/c1-10(7-6-8-14)13-11(2)9-12(3,4)15-5/h10-11,13-14H,6-9H2,1-5H3. The van der Waals surface area contributed by atoms with E-state index in [0.717, 1.165) is 19.3 Å². The summed E-state index contributed by atoms with van der Waals surface area (Å²) in [4.78, 5) is 0. The van der Waals surface area contributed by atoms with Gasteiger partial charge in [-0.15, -0.1) is 0 Å². The van der Waals surface area contributed by atoms with Crippen LogP contribution in [-0.2, 0) is 4.74 Å². The van der Waals surface area contributed by atoms with E-state index in [1.807, 2.05) is 0 Å². The van der Waals surface area contributed by atoms with Crippen molar-refractivity contribution in [3.05, 3.63) is 0 Å². The summed E-state index contributed by atoms with van der Waals surface area (Å²) in [5.74, 6) is 0. The molecular weight excluding hydrogens is 190 g/mol. The van der Waals surface area contributed by atoms with Crippen LogP contribution < -0.4 is 5.32 Å². The van der Waals surface area contributed by atoms with Crippen LogP contribution in [0.2, 0.25) is 0 Å². The molecule has 0 aliphatic rings. The molecule has 0 rings (SSSR count). The largest absolute Gasteiger partial charge is 0.396 e. The number of rotatable bonds is 8. The van der Waals surface area contributed by atoms with Crippen molar-refractivity contribution in [2.45, 2.75) is 64.6 Å². The van der Waals surface area contributed by atoms with Crippen molar-refractivity contribution in [1.29, 1.82) is 0 Å². The number of aliphatic hydroxyl groups excluding tert-OH is 1. The number of hydrogen-bond acceptors (Lipinski definition) is 3. The van der Waals surface area contributed by atoms with Crippen molar-refractivity contribution < 1.29 is 9.84 Å². The van der Waals surface area contributed by atoms with Gasteiger partial charge in [-0.25, -0.2) is 0 Å². The van der Waals surface area contributed by atoms with Crippen molar-refractivity contribution in [2.24, 2.45) is 0 Å². The third-order valence-electron chi connectivity index (χ3n) is 2.71. The summed E-state index contributed by atoms with van der Waals surface area (Å²) >= 11 is 0. The maximum absolute atomic E-state index is 8.73. The van der Waals surface area contributed by atoms with Gasteiger partial charge in [0, 0.05) is 25.8 Å². The van der Waals surface area contributed by atoms with Gasteiger partial charge in [-0.3, -0.25) is 0 Å². The summed E-state index contributed by atoms with van der Waals surface area (Å²) < 4.78 is 5.39. The molecule has 92 valence electrons. The van der Waals surface area contributed by atoms with Crippen molar-refractivity contribution in [1.82, 2.24) is 5.32 Å². The van der Waals surface area contributed by atoms with Crippen LogP contribution in [-0.4, -0.2) is 36.5 Å². The first-order valence-corrected chi connectivity index (χ1v) is 5.83.